The summed E-state index contributed by atoms with van der Waals surface area (Å²) in [5.41, 5.74) is 6.40. The van der Waals surface area contributed by atoms with Crippen LogP contribution in [0, 0.1) is 0 Å². The fourth-order valence-electron chi connectivity index (χ4n) is 1.44. The highest BCUT2D eigenvalue weighted by molar-refractivity contribution is 5.94. The van der Waals surface area contributed by atoms with Crippen molar-refractivity contribution >= 4 is 22.9 Å². The van der Waals surface area contributed by atoms with Crippen LogP contribution in [0.15, 0.2) is 36.4 Å². The fourth-order valence-corrected chi connectivity index (χ4v) is 1.44. The number of fused-ring (bicyclic) bond motifs is 1. The maximum absolute atomic E-state index is 10.2. The van der Waals surface area contributed by atoms with Crippen molar-refractivity contribution in [1.29, 1.82) is 0 Å². The molecule has 0 radical (unpaired) electrons. The number of carbonyl (C=O) groups is 1. The maximum Gasteiger partial charge on any atom is 0.298 e. The van der Waals surface area contributed by atoms with Gasteiger partial charge in [-0.3, -0.25) is 4.79 Å². The number of carbonyl (C=O) groups excluding carboxylic acids is 1. The van der Waals surface area contributed by atoms with E-state index in [9.17, 15) is 4.79 Å². The standard InChI is InChI=1S/C11H9NO2/c12-11-6-9(14-7-13)5-8-3-1-2-4-10(8)11/h1-7H,12H2. The summed E-state index contributed by atoms with van der Waals surface area (Å²) >= 11 is 0. The number of rotatable bonds is 2. The van der Waals surface area contributed by atoms with Crippen LogP contribution < -0.4 is 10.5 Å². The zero-order valence-electron chi connectivity index (χ0n) is 7.44. The molecule has 70 valence electrons. The van der Waals surface area contributed by atoms with Gasteiger partial charge in [-0.25, -0.2) is 0 Å². The highest BCUT2D eigenvalue weighted by atomic mass is 16.5. The molecule has 3 nitrogen and oxygen atoms in total. The SMILES string of the molecule is Nc1cc(OC=O)cc2ccccc12. The van der Waals surface area contributed by atoms with E-state index in [-0.39, 0.29) is 0 Å². The van der Waals surface area contributed by atoms with E-state index >= 15 is 0 Å². The van der Waals surface area contributed by atoms with Crippen LogP contribution in [0.4, 0.5) is 5.69 Å². The third-order valence-electron chi connectivity index (χ3n) is 2.05. The molecular weight excluding hydrogens is 178 g/mol. The molecule has 2 rings (SSSR count). The number of anilines is 1. The Kier molecular flexibility index (Phi) is 2.07. The van der Waals surface area contributed by atoms with Gasteiger partial charge in [0, 0.05) is 17.1 Å². The molecule has 0 unspecified atom stereocenters. The number of hydrogen-bond acceptors (Lipinski definition) is 3. The third kappa shape index (κ3) is 1.40. The van der Waals surface area contributed by atoms with E-state index in [4.69, 9.17) is 10.5 Å². The summed E-state index contributed by atoms with van der Waals surface area (Å²) < 4.78 is 4.73. The lowest BCUT2D eigenvalue weighted by Crippen LogP contribution is -1.92. The second-order valence-electron chi connectivity index (χ2n) is 2.95. The Labute approximate surface area is 81.1 Å². The Morgan fingerprint density at radius 2 is 2.00 bits per heavy atom. The molecule has 0 saturated heterocycles. The quantitative estimate of drug-likeness (QED) is 0.577. The van der Waals surface area contributed by atoms with Crippen LogP contribution in [-0.2, 0) is 4.79 Å². The van der Waals surface area contributed by atoms with Gasteiger partial charge in [-0.05, 0) is 11.5 Å². The zero-order chi connectivity index (χ0) is 9.97. The molecule has 0 amide bonds. The van der Waals surface area contributed by atoms with Crippen molar-refractivity contribution in [3.8, 4) is 5.75 Å². The molecule has 0 saturated carbocycles. The van der Waals surface area contributed by atoms with Crippen molar-refractivity contribution in [3.63, 3.8) is 0 Å². The van der Waals surface area contributed by atoms with Gasteiger partial charge in [-0.1, -0.05) is 24.3 Å². The first kappa shape index (κ1) is 8.56. The molecule has 0 spiro atoms. The Bertz CT molecular complexity index is 480. The van der Waals surface area contributed by atoms with Gasteiger partial charge in [0.15, 0.2) is 0 Å². The first-order valence-electron chi connectivity index (χ1n) is 4.20. The van der Waals surface area contributed by atoms with E-state index in [0.29, 0.717) is 17.9 Å². The number of nitrogens with two attached hydrogens (primary N) is 1. The summed E-state index contributed by atoms with van der Waals surface area (Å²) in [6.07, 6.45) is 0. The number of ether oxygens (including phenoxy) is 1. The van der Waals surface area contributed by atoms with Crippen LogP contribution in [0.25, 0.3) is 10.8 Å². The third-order valence-corrected chi connectivity index (χ3v) is 2.05. The van der Waals surface area contributed by atoms with Crippen LogP contribution >= 0.6 is 0 Å². The lowest BCUT2D eigenvalue weighted by molar-refractivity contribution is -0.120. The van der Waals surface area contributed by atoms with Crippen molar-refractivity contribution < 1.29 is 9.53 Å². The summed E-state index contributed by atoms with van der Waals surface area (Å²) in [4.78, 5) is 10.2. The summed E-state index contributed by atoms with van der Waals surface area (Å²) in [7, 11) is 0. The normalized spacial score (nSPS) is 10.0. The van der Waals surface area contributed by atoms with Crippen LogP contribution in [-0.4, -0.2) is 6.47 Å². The molecule has 0 aromatic heterocycles. The number of hydrogen-bond donors (Lipinski definition) is 1. The van der Waals surface area contributed by atoms with Crippen molar-refractivity contribution in [2.45, 2.75) is 0 Å². The molecule has 3 heteroatoms. The van der Waals surface area contributed by atoms with E-state index in [0.717, 1.165) is 10.8 Å². The molecule has 2 aromatic rings. The molecule has 0 aliphatic rings. The van der Waals surface area contributed by atoms with E-state index < -0.39 is 0 Å². The average molecular weight is 187 g/mol. The molecule has 2 N–H and O–H groups in total. The molecule has 2 aromatic carbocycles. The smallest absolute Gasteiger partial charge is 0.298 e. The molecule has 0 atom stereocenters. The fraction of sp³-hybridized carbons (Fsp3) is 0. The van der Waals surface area contributed by atoms with Crippen LogP contribution in [0.3, 0.4) is 0 Å². The summed E-state index contributed by atoms with van der Waals surface area (Å²) in [5.74, 6) is 0.469. The minimum atomic E-state index is 0.392. The van der Waals surface area contributed by atoms with Gasteiger partial charge in [0.1, 0.15) is 5.75 Å². The van der Waals surface area contributed by atoms with Gasteiger partial charge >= 0.3 is 0 Å². The Morgan fingerprint density at radius 3 is 2.79 bits per heavy atom. The zero-order valence-corrected chi connectivity index (χ0v) is 7.44. The monoisotopic (exact) mass is 187 g/mol. The van der Waals surface area contributed by atoms with Crippen LogP contribution in [0.2, 0.25) is 0 Å². The van der Waals surface area contributed by atoms with Gasteiger partial charge in [0.25, 0.3) is 6.47 Å². The van der Waals surface area contributed by atoms with Gasteiger partial charge in [-0.2, -0.15) is 0 Å². The number of benzene rings is 2. The topological polar surface area (TPSA) is 52.3 Å². The second kappa shape index (κ2) is 3.38. The van der Waals surface area contributed by atoms with Gasteiger partial charge < -0.3 is 10.5 Å². The first-order valence-corrected chi connectivity index (χ1v) is 4.20. The lowest BCUT2D eigenvalue weighted by atomic mass is 10.1. The Morgan fingerprint density at radius 1 is 1.21 bits per heavy atom. The second-order valence-corrected chi connectivity index (χ2v) is 2.95. The van der Waals surface area contributed by atoms with Gasteiger partial charge in [0.05, 0.1) is 0 Å². The highest BCUT2D eigenvalue weighted by Gasteiger charge is 2.00. The van der Waals surface area contributed by atoms with E-state index in [1.165, 1.54) is 0 Å². The predicted molar refractivity (Wildman–Crippen MR) is 55.1 cm³/mol. The summed E-state index contributed by atoms with van der Waals surface area (Å²) in [6.45, 7) is 0.392. The molecule has 0 heterocycles. The Balaban J connectivity index is 2.65. The van der Waals surface area contributed by atoms with Crippen LogP contribution in [0.1, 0.15) is 0 Å². The summed E-state index contributed by atoms with van der Waals surface area (Å²) in [6, 6.07) is 11.1. The molecular formula is C11H9NO2. The van der Waals surface area contributed by atoms with Crippen LogP contribution in [0.5, 0.6) is 5.75 Å². The molecule has 0 fully saturated rings. The van der Waals surface area contributed by atoms with Gasteiger partial charge in [-0.15, -0.1) is 0 Å². The van der Waals surface area contributed by atoms with Crippen molar-refractivity contribution in [2.75, 3.05) is 5.73 Å². The van der Waals surface area contributed by atoms with E-state index in [2.05, 4.69) is 0 Å². The van der Waals surface area contributed by atoms with E-state index in [1.54, 1.807) is 12.1 Å². The molecule has 0 aliphatic carbocycles. The minimum Gasteiger partial charge on any atom is -0.429 e. The first-order chi connectivity index (χ1) is 6.81. The molecule has 0 bridgehead atoms. The van der Waals surface area contributed by atoms with Crippen molar-refractivity contribution in [2.24, 2.45) is 0 Å². The van der Waals surface area contributed by atoms with Gasteiger partial charge in [0.2, 0.25) is 0 Å². The molecule has 0 aliphatic heterocycles. The van der Waals surface area contributed by atoms with Crippen molar-refractivity contribution in [3.05, 3.63) is 36.4 Å². The average Bonchev–Trinajstić information content (AvgIpc) is 2.18. The number of nitrogen functional groups attached to an aromatic ring is 1. The maximum atomic E-state index is 10.2. The summed E-state index contributed by atoms with van der Waals surface area (Å²) in [5, 5.41) is 1.93. The Hall–Kier alpha value is -2.03. The van der Waals surface area contributed by atoms with E-state index in [1.807, 2.05) is 24.3 Å². The highest BCUT2D eigenvalue weighted by Crippen LogP contribution is 2.26. The largest absolute Gasteiger partial charge is 0.429 e. The molecule has 14 heavy (non-hydrogen) atoms. The lowest BCUT2D eigenvalue weighted by Gasteiger charge is -2.04. The van der Waals surface area contributed by atoms with Crippen molar-refractivity contribution in [1.82, 2.24) is 0 Å². The predicted octanol–water partition coefficient (Wildman–Crippen LogP) is 1.96. The minimum absolute atomic E-state index is 0.392.